The Morgan fingerprint density at radius 3 is 2.31 bits per heavy atom. The molecule has 2 aromatic heterocycles. The van der Waals surface area contributed by atoms with E-state index in [1.165, 1.54) is 53.1 Å². The Morgan fingerprint density at radius 1 is 0.688 bits per heavy atom. The Hall–Kier alpha value is -3.62. The van der Waals surface area contributed by atoms with Crippen molar-refractivity contribution in [1.29, 1.82) is 0 Å². The van der Waals surface area contributed by atoms with Gasteiger partial charge in [-0.25, -0.2) is 0 Å². The van der Waals surface area contributed by atoms with Gasteiger partial charge in [-0.1, -0.05) is 91.0 Å². The van der Waals surface area contributed by atoms with Crippen molar-refractivity contribution in [1.82, 2.24) is 4.57 Å². The molecular weight excluding hydrogens is 406 g/mol. The Morgan fingerprint density at radius 2 is 1.47 bits per heavy atom. The van der Waals surface area contributed by atoms with Crippen LogP contribution in [0, 0.1) is 0 Å². The molecule has 7 rings (SSSR count). The maximum atomic E-state index is 2.54. The van der Waals surface area contributed by atoms with Crippen molar-refractivity contribution in [3.05, 3.63) is 115 Å². The molecule has 2 heteroatoms. The number of hydrogen-bond donors (Lipinski definition) is 0. The second kappa shape index (κ2) is 6.94. The predicted octanol–water partition coefficient (Wildman–Crippen LogP) is 8.75. The van der Waals surface area contributed by atoms with Crippen LogP contribution < -0.4 is 0 Å². The molecule has 32 heavy (non-hydrogen) atoms. The Kier molecular flexibility index (Phi) is 3.91. The highest BCUT2D eigenvalue weighted by molar-refractivity contribution is 7.26. The van der Waals surface area contributed by atoms with E-state index in [1.54, 1.807) is 0 Å². The molecule has 152 valence electrons. The molecule has 1 unspecified atom stereocenters. The zero-order valence-corrected chi connectivity index (χ0v) is 18.3. The molecule has 1 aliphatic carbocycles. The van der Waals surface area contributed by atoms with Crippen LogP contribution >= 0.6 is 11.3 Å². The standard InChI is InChI=1S/C30H21NS/c1-2-8-20(9-3-1)21-14-16-22(17-15-21)31-26-12-6-4-11-25(26)29-27(31)19-18-24-23-10-5-7-13-28(23)32-30(24)29/h1-16,18-19,22H,17H2. The molecule has 0 bridgehead atoms. The van der Waals surface area contributed by atoms with Crippen LogP contribution in [0.5, 0.6) is 0 Å². The molecule has 0 fully saturated rings. The van der Waals surface area contributed by atoms with Crippen LogP contribution in [-0.2, 0) is 0 Å². The summed E-state index contributed by atoms with van der Waals surface area (Å²) in [6.07, 6.45) is 8.06. The summed E-state index contributed by atoms with van der Waals surface area (Å²) in [4.78, 5) is 0. The van der Waals surface area contributed by atoms with Crippen LogP contribution in [0.15, 0.2) is 109 Å². The monoisotopic (exact) mass is 427 g/mol. The fraction of sp³-hybridized carbons (Fsp3) is 0.0667. The molecule has 0 saturated carbocycles. The zero-order chi connectivity index (χ0) is 21.1. The molecule has 0 aliphatic heterocycles. The van der Waals surface area contributed by atoms with E-state index in [-0.39, 0.29) is 0 Å². The van der Waals surface area contributed by atoms with E-state index in [1.807, 2.05) is 11.3 Å². The lowest BCUT2D eigenvalue weighted by Crippen LogP contribution is -2.07. The summed E-state index contributed by atoms with van der Waals surface area (Å²) in [6.45, 7) is 0. The summed E-state index contributed by atoms with van der Waals surface area (Å²) < 4.78 is 5.31. The number of hydrogen-bond acceptors (Lipinski definition) is 1. The molecule has 0 N–H and O–H groups in total. The number of para-hydroxylation sites is 1. The van der Waals surface area contributed by atoms with Gasteiger partial charge in [0.1, 0.15) is 0 Å². The van der Waals surface area contributed by atoms with Crippen LogP contribution in [-0.4, -0.2) is 4.57 Å². The molecule has 0 spiro atoms. The van der Waals surface area contributed by atoms with Gasteiger partial charge in [0, 0.05) is 36.5 Å². The molecule has 0 saturated heterocycles. The van der Waals surface area contributed by atoms with E-state index in [0.717, 1.165) is 6.42 Å². The summed E-state index contributed by atoms with van der Waals surface area (Å²) in [5.41, 5.74) is 5.25. The minimum absolute atomic E-state index is 0.316. The van der Waals surface area contributed by atoms with Crippen LogP contribution in [0.3, 0.4) is 0 Å². The summed E-state index contributed by atoms with van der Waals surface area (Å²) in [5.74, 6) is 0. The molecular formula is C30H21NS. The first kappa shape index (κ1) is 18.0. The number of allylic oxidation sites excluding steroid dienone is 4. The fourth-order valence-corrected chi connectivity index (χ4v) is 6.53. The predicted molar refractivity (Wildman–Crippen MR) is 140 cm³/mol. The third-order valence-corrected chi connectivity index (χ3v) is 7.94. The SMILES string of the molecule is C1=CC(n2c3ccccc3c3c4sc5ccccc5c4ccc32)CC=C1c1ccccc1. The third kappa shape index (κ3) is 2.57. The second-order valence-electron chi connectivity index (χ2n) is 8.51. The average Bonchev–Trinajstić information content (AvgIpc) is 3.40. The van der Waals surface area contributed by atoms with Crippen molar-refractivity contribution in [3.63, 3.8) is 0 Å². The zero-order valence-electron chi connectivity index (χ0n) is 17.5. The van der Waals surface area contributed by atoms with Gasteiger partial charge in [-0.15, -0.1) is 11.3 Å². The topological polar surface area (TPSA) is 4.93 Å². The molecule has 0 amide bonds. The molecule has 6 aromatic rings. The van der Waals surface area contributed by atoms with E-state index in [4.69, 9.17) is 0 Å². The summed E-state index contributed by atoms with van der Waals surface area (Å²) in [5, 5.41) is 5.47. The largest absolute Gasteiger partial charge is 0.333 e. The molecule has 1 nitrogen and oxygen atoms in total. The molecule has 1 aliphatic rings. The molecule has 0 radical (unpaired) electrons. The highest BCUT2D eigenvalue weighted by Gasteiger charge is 2.20. The lowest BCUT2D eigenvalue weighted by atomic mass is 9.97. The van der Waals surface area contributed by atoms with Crippen LogP contribution in [0.1, 0.15) is 18.0 Å². The third-order valence-electron chi connectivity index (χ3n) is 6.73. The Labute approximate surface area is 190 Å². The summed E-state index contributed by atoms with van der Waals surface area (Å²) in [7, 11) is 0. The highest BCUT2D eigenvalue weighted by atomic mass is 32.1. The minimum Gasteiger partial charge on any atom is -0.333 e. The van der Waals surface area contributed by atoms with E-state index in [0.29, 0.717) is 6.04 Å². The van der Waals surface area contributed by atoms with Crippen molar-refractivity contribution in [2.24, 2.45) is 0 Å². The van der Waals surface area contributed by atoms with Gasteiger partial charge in [0.05, 0.1) is 11.6 Å². The maximum Gasteiger partial charge on any atom is 0.0560 e. The van der Waals surface area contributed by atoms with Crippen LogP contribution in [0.2, 0.25) is 0 Å². The van der Waals surface area contributed by atoms with Gasteiger partial charge in [-0.05, 0) is 35.8 Å². The quantitative estimate of drug-likeness (QED) is 0.260. The highest BCUT2D eigenvalue weighted by Crippen LogP contribution is 2.44. The number of nitrogens with zero attached hydrogens (tertiary/aromatic N) is 1. The van der Waals surface area contributed by atoms with Gasteiger partial charge >= 0.3 is 0 Å². The minimum atomic E-state index is 0.316. The first-order valence-corrected chi connectivity index (χ1v) is 12.0. The van der Waals surface area contributed by atoms with Crippen molar-refractivity contribution < 1.29 is 0 Å². The van der Waals surface area contributed by atoms with Crippen molar-refractivity contribution in [3.8, 4) is 0 Å². The van der Waals surface area contributed by atoms with Gasteiger partial charge in [0.2, 0.25) is 0 Å². The Bertz CT molecular complexity index is 1700. The number of thiophene rings is 1. The number of aromatic nitrogens is 1. The normalized spacial score (nSPS) is 16.4. The van der Waals surface area contributed by atoms with Gasteiger partial charge in [0.15, 0.2) is 0 Å². The van der Waals surface area contributed by atoms with Crippen molar-refractivity contribution >= 4 is 58.9 Å². The smallest absolute Gasteiger partial charge is 0.0560 e. The molecule has 2 heterocycles. The van der Waals surface area contributed by atoms with Crippen molar-refractivity contribution in [2.45, 2.75) is 12.5 Å². The van der Waals surface area contributed by atoms with Gasteiger partial charge < -0.3 is 4.57 Å². The lowest BCUT2D eigenvalue weighted by molar-refractivity contribution is 0.649. The summed E-state index contributed by atoms with van der Waals surface area (Å²) in [6, 6.07) is 33.3. The van der Waals surface area contributed by atoms with Crippen molar-refractivity contribution in [2.75, 3.05) is 0 Å². The Balaban J connectivity index is 1.45. The first-order valence-electron chi connectivity index (χ1n) is 11.2. The van der Waals surface area contributed by atoms with E-state index >= 15 is 0 Å². The number of fused-ring (bicyclic) bond motifs is 7. The van der Waals surface area contributed by atoms with Gasteiger partial charge in [-0.2, -0.15) is 0 Å². The lowest BCUT2D eigenvalue weighted by Gasteiger charge is -2.20. The average molecular weight is 428 g/mol. The second-order valence-corrected chi connectivity index (χ2v) is 9.56. The molecule has 4 aromatic carbocycles. The fourth-order valence-electron chi connectivity index (χ4n) is 5.27. The van der Waals surface area contributed by atoms with E-state index in [9.17, 15) is 0 Å². The number of benzene rings is 4. The molecule has 1 atom stereocenters. The van der Waals surface area contributed by atoms with Crippen LogP contribution in [0.25, 0.3) is 47.6 Å². The van der Waals surface area contributed by atoms with Gasteiger partial charge in [0.25, 0.3) is 0 Å². The maximum absolute atomic E-state index is 2.54. The van der Waals surface area contributed by atoms with E-state index < -0.39 is 0 Å². The number of rotatable bonds is 2. The van der Waals surface area contributed by atoms with Gasteiger partial charge in [-0.3, -0.25) is 0 Å². The summed E-state index contributed by atoms with van der Waals surface area (Å²) >= 11 is 1.92. The van der Waals surface area contributed by atoms with E-state index in [2.05, 4.69) is 114 Å². The van der Waals surface area contributed by atoms with Crippen LogP contribution in [0.4, 0.5) is 0 Å². The first-order chi connectivity index (χ1) is 15.9.